The molecule has 0 bridgehead atoms. The van der Waals surface area contributed by atoms with Crippen LogP contribution in [0.5, 0.6) is 5.75 Å². The molecule has 5 nitrogen and oxygen atoms in total. The zero-order valence-electron chi connectivity index (χ0n) is 14.0. The van der Waals surface area contributed by atoms with Crippen molar-refractivity contribution in [1.29, 1.82) is 0 Å². The number of halogens is 1. The van der Waals surface area contributed by atoms with Gasteiger partial charge in [0.15, 0.2) is 0 Å². The van der Waals surface area contributed by atoms with Gasteiger partial charge in [-0.25, -0.2) is 9.18 Å². The smallest absolute Gasteiger partial charge is 0.412 e. The summed E-state index contributed by atoms with van der Waals surface area (Å²) in [6, 6.07) is 5.67. The summed E-state index contributed by atoms with van der Waals surface area (Å²) >= 11 is 0. The number of carbonyl (C=O) groups excluding carboxylic acids is 1. The lowest BCUT2D eigenvalue weighted by Crippen LogP contribution is -2.46. The van der Waals surface area contributed by atoms with Crippen LogP contribution in [0, 0.1) is 5.82 Å². The van der Waals surface area contributed by atoms with E-state index < -0.39 is 11.7 Å². The van der Waals surface area contributed by atoms with E-state index in [2.05, 4.69) is 0 Å². The van der Waals surface area contributed by atoms with Gasteiger partial charge in [-0.05, 0) is 57.9 Å². The topological polar surface area (TPSA) is 48.0 Å². The van der Waals surface area contributed by atoms with Crippen molar-refractivity contribution in [3.05, 3.63) is 30.1 Å². The second kappa shape index (κ2) is 7.17. The van der Waals surface area contributed by atoms with E-state index >= 15 is 0 Å². The molecule has 0 aliphatic carbocycles. The second-order valence-electron chi connectivity index (χ2n) is 6.57. The van der Waals surface area contributed by atoms with Gasteiger partial charge in [0.25, 0.3) is 0 Å². The highest BCUT2D eigenvalue weighted by Crippen LogP contribution is 2.27. The SMILES string of the molecule is COC1CCC(COc2ccc(F)cc2)N1C(=O)OC(C)(C)C. The first-order chi connectivity index (χ1) is 10.8. The largest absolute Gasteiger partial charge is 0.491 e. The van der Waals surface area contributed by atoms with Crippen molar-refractivity contribution in [2.75, 3.05) is 13.7 Å². The Morgan fingerprint density at radius 3 is 2.48 bits per heavy atom. The zero-order chi connectivity index (χ0) is 17.0. The number of hydrogen-bond donors (Lipinski definition) is 0. The summed E-state index contributed by atoms with van der Waals surface area (Å²) in [5.41, 5.74) is -0.569. The third-order valence-corrected chi connectivity index (χ3v) is 3.58. The molecule has 1 aliphatic heterocycles. The van der Waals surface area contributed by atoms with Gasteiger partial charge in [-0.15, -0.1) is 0 Å². The van der Waals surface area contributed by atoms with Crippen molar-refractivity contribution in [2.45, 2.75) is 51.5 Å². The van der Waals surface area contributed by atoms with E-state index in [1.165, 1.54) is 12.1 Å². The Labute approximate surface area is 136 Å². The Hall–Kier alpha value is -1.82. The summed E-state index contributed by atoms with van der Waals surface area (Å²) in [5, 5.41) is 0. The van der Waals surface area contributed by atoms with Gasteiger partial charge in [-0.3, -0.25) is 4.90 Å². The molecule has 0 radical (unpaired) electrons. The molecule has 1 aromatic carbocycles. The third-order valence-electron chi connectivity index (χ3n) is 3.58. The fourth-order valence-electron chi connectivity index (χ4n) is 2.55. The summed E-state index contributed by atoms with van der Waals surface area (Å²) in [4.78, 5) is 14.0. The van der Waals surface area contributed by atoms with Crippen LogP contribution in [0.3, 0.4) is 0 Å². The van der Waals surface area contributed by atoms with E-state index in [0.717, 1.165) is 12.8 Å². The second-order valence-corrected chi connectivity index (χ2v) is 6.57. The van der Waals surface area contributed by atoms with Crippen molar-refractivity contribution < 1.29 is 23.4 Å². The van der Waals surface area contributed by atoms with Gasteiger partial charge >= 0.3 is 6.09 Å². The van der Waals surface area contributed by atoms with Crippen molar-refractivity contribution in [3.63, 3.8) is 0 Å². The molecule has 1 amide bonds. The maximum Gasteiger partial charge on any atom is 0.412 e. The maximum absolute atomic E-state index is 12.9. The molecule has 1 aliphatic rings. The van der Waals surface area contributed by atoms with Gasteiger partial charge < -0.3 is 14.2 Å². The number of benzene rings is 1. The Morgan fingerprint density at radius 1 is 1.26 bits per heavy atom. The van der Waals surface area contributed by atoms with Crippen molar-refractivity contribution in [2.24, 2.45) is 0 Å². The molecule has 23 heavy (non-hydrogen) atoms. The number of ether oxygens (including phenoxy) is 3. The summed E-state index contributed by atoms with van der Waals surface area (Å²) < 4.78 is 29.4. The first kappa shape index (κ1) is 17.5. The molecule has 128 valence electrons. The lowest BCUT2D eigenvalue weighted by molar-refractivity contribution is -0.0458. The first-order valence-electron chi connectivity index (χ1n) is 7.72. The number of amides is 1. The Bertz CT molecular complexity index is 526. The summed E-state index contributed by atoms with van der Waals surface area (Å²) in [5.74, 6) is 0.254. The van der Waals surface area contributed by atoms with E-state index in [1.807, 2.05) is 20.8 Å². The molecule has 0 saturated carbocycles. The van der Waals surface area contributed by atoms with Crippen LogP contribution in [0.25, 0.3) is 0 Å². The lowest BCUT2D eigenvalue weighted by Gasteiger charge is -2.31. The number of carbonyl (C=O) groups is 1. The van der Waals surface area contributed by atoms with Crippen LogP contribution in [-0.2, 0) is 9.47 Å². The minimum Gasteiger partial charge on any atom is -0.491 e. The number of nitrogens with zero attached hydrogens (tertiary/aromatic N) is 1. The van der Waals surface area contributed by atoms with E-state index in [1.54, 1.807) is 24.1 Å². The van der Waals surface area contributed by atoms with Gasteiger partial charge in [0.2, 0.25) is 0 Å². The molecule has 1 fully saturated rings. The normalized spacial score (nSPS) is 21.3. The number of methoxy groups -OCH3 is 1. The van der Waals surface area contributed by atoms with E-state index in [4.69, 9.17) is 14.2 Å². The fraction of sp³-hybridized carbons (Fsp3) is 0.588. The fourth-order valence-corrected chi connectivity index (χ4v) is 2.55. The molecule has 0 N–H and O–H groups in total. The molecule has 2 atom stereocenters. The maximum atomic E-state index is 12.9. The zero-order valence-corrected chi connectivity index (χ0v) is 14.0. The van der Waals surface area contributed by atoms with Crippen molar-refractivity contribution in [1.82, 2.24) is 4.90 Å². The Kier molecular flexibility index (Phi) is 5.46. The molecule has 2 rings (SSSR count). The van der Waals surface area contributed by atoms with Crippen LogP contribution in [0.2, 0.25) is 0 Å². The molecule has 1 heterocycles. The van der Waals surface area contributed by atoms with E-state index in [9.17, 15) is 9.18 Å². The standard InChI is InChI=1S/C17H24FNO4/c1-17(2,3)23-16(20)19-13(7-10-15(19)21-4)11-22-14-8-5-12(18)6-9-14/h5-6,8-9,13,15H,7,10-11H2,1-4H3. The van der Waals surface area contributed by atoms with Crippen LogP contribution in [-0.4, -0.2) is 42.6 Å². The summed E-state index contributed by atoms with van der Waals surface area (Å²) in [6.07, 6.45) is 0.771. The molecular weight excluding hydrogens is 301 g/mol. The Morgan fingerprint density at radius 2 is 1.91 bits per heavy atom. The third kappa shape index (κ3) is 4.82. The number of rotatable bonds is 4. The highest BCUT2D eigenvalue weighted by Gasteiger charge is 2.39. The minimum absolute atomic E-state index is 0.139. The van der Waals surface area contributed by atoms with Gasteiger partial charge in [-0.2, -0.15) is 0 Å². The number of likely N-dealkylation sites (tertiary alicyclic amines) is 1. The average molecular weight is 325 g/mol. The Balaban J connectivity index is 2.01. The molecule has 6 heteroatoms. The monoisotopic (exact) mass is 325 g/mol. The first-order valence-corrected chi connectivity index (χ1v) is 7.72. The quantitative estimate of drug-likeness (QED) is 0.849. The molecule has 0 aromatic heterocycles. The molecule has 1 saturated heterocycles. The van der Waals surface area contributed by atoms with Crippen LogP contribution in [0.1, 0.15) is 33.6 Å². The van der Waals surface area contributed by atoms with Crippen LogP contribution < -0.4 is 4.74 Å². The average Bonchev–Trinajstić information content (AvgIpc) is 2.88. The van der Waals surface area contributed by atoms with Gasteiger partial charge in [0.1, 0.15) is 30.0 Å². The van der Waals surface area contributed by atoms with E-state index in [-0.39, 0.29) is 18.1 Å². The predicted molar refractivity (Wildman–Crippen MR) is 83.8 cm³/mol. The van der Waals surface area contributed by atoms with Crippen LogP contribution in [0.15, 0.2) is 24.3 Å². The lowest BCUT2D eigenvalue weighted by atomic mass is 10.2. The summed E-state index contributed by atoms with van der Waals surface area (Å²) in [7, 11) is 1.57. The van der Waals surface area contributed by atoms with Gasteiger partial charge in [0, 0.05) is 7.11 Å². The van der Waals surface area contributed by atoms with Gasteiger partial charge in [-0.1, -0.05) is 0 Å². The van der Waals surface area contributed by atoms with Crippen molar-refractivity contribution in [3.8, 4) is 5.75 Å². The van der Waals surface area contributed by atoms with Crippen molar-refractivity contribution >= 4 is 6.09 Å². The summed E-state index contributed by atoms with van der Waals surface area (Å²) in [6.45, 7) is 5.79. The highest BCUT2D eigenvalue weighted by atomic mass is 19.1. The van der Waals surface area contributed by atoms with Crippen LogP contribution >= 0.6 is 0 Å². The van der Waals surface area contributed by atoms with Crippen LogP contribution in [0.4, 0.5) is 9.18 Å². The molecule has 0 spiro atoms. The van der Waals surface area contributed by atoms with E-state index in [0.29, 0.717) is 12.4 Å². The highest BCUT2D eigenvalue weighted by molar-refractivity contribution is 5.69. The minimum atomic E-state index is -0.569. The predicted octanol–water partition coefficient (Wildman–Crippen LogP) is 3.58. The van der Waals surface area contributed by atoms with Gasteiger partial charge in [0.05, 0.1) is 6.04 Å². The molecular formula is C17H24FNO4. The molecule has 1 aromatic rings. The molecule has 2 unspecified atom stereocenters. The number of hydrogen-bond acceptors (Lipinski definition) is 4.